The Morgan fingerprint density at radius 1 is 0.448 bits per heavy atom. The topological polar surface area (TPSA) is 85.3 Å². The SMILES string of the molecule is O=[PH2][Fe]([c]1ccccc1)([c]1ccccc1)[c]1ccccc1.[C]=O.[C]=O.[C]=O.[C]=O. The van der Waals surface area contributed by atoms with E-state index in [4.69, 9.17) is 19.2 Å². The van der Waals surface area contributed by atoms with Crippen LogP contribution in [0.15, 0.2) is 91.0 Å². The zero-order chi connectivity index (χ0) is 22.5. The van der Waals surface area contributed by atoms with Crippen molar-refractivity contribution < 1.29 is 36.1 Å². The summed E-state index contributed by atoms with van der Waals surface area (Å²) < 4.78 is 16.1. The normalized spacial score (nSPS) is 9.66. The van der Waals surface area contributed by atoms with Crippen LogP contribution in [0.4, 0.5) is 0 Å². The maximum absolute atomic E-state index is 12.5. The molecule has 1 atom stereocenters. The van der Waals surface area contributed by atoms with Gasteiger partial charge < -0.3 is 0 Å². The second-order valence-corrected chi connectivity index (χ2v) is 11.7. The van der Waals surface area contributed by atoms with Gasteiger partial charge in [0, 0.05) is 0 Å². The maximum atomic E-state index is 12.5. The number of carbonyl (C=O) groups excluding carboxylic acids is 4. The zero-order valence-electron chi connectivity index (χ0n) is 15.1. The second-order valence-electron chi connectivity index (χ2n) is 4.50. The molecule has 0 saturated carbocycles. The molecule has 0 amide bonds. The van der Waals surface area contributed by atoms with Crippen molar-refractivity contribution in [3.8, 4) is 0 Å². The Kier molecular flexibility index (Phi) is 18.0. The van der Waals surface area contributed by atoms with E-state index < -0.39 is 19.6 Å². The van der Waals surface area contributed by atoms with Crippen LogP contribution in [0.25, 0.3) is 0 Å². The molecule has 7 heteroatoms. The van der Waals surface area contributed by atoms with Gasteiger partial charge in [0.25, 0.3) is 27.2 Å². The molecular weight excluding hydrogens is 431 g/mol. The molecule has 148 valence electrons. The summed E-state index contributed by atoms with van der Waals surface area (Å²) >= 11 is -2.19. The number of rotatable bonds is 4. The van der Waals surface area contributed by atoms with E-state index in [2.05, 4.69) is 63.6 Å². The molecule has 3 rings (SSSR count). The van der Waals surface area contributed by atoms with E-state index in [1.54, 1.807) is 0 Å². The zero-order valence-corrected chi connectivity index (χ0v) is 17.4. The van der Waals surface area contributed by atoms with Gasteiger partial charge in [0.2, 0.25) is 0 Å². The minimum absolute atomic E-state index is 0.936. The van der Waals surface area contributed by atoms with Gasteiger partial charge in [0.1, 0.15) is 0 Å². The average Bonchev–Trinajstić information content (AvgIpc) is 2.87. The smallest absolute Gasteiger partial charge is 0.281 e. The number of hydrogen-bond donors (Lipinski definition) is 0. The third-order valence-electron chi connectivity index (χ3n) is 3.27. The van der Waals surface area contributed by atoms with E-state index >= 15 is 0 Å². The summed E-state index contributed by atoms with van der Waals surface area (Å²) in [5.41, 5.74) is 0. The fourth-order valence-corrected chi connectivity index (χ4v) is 9.09. The van der Waals surface area contributed by atoms with Crippen molar-refractivity contribution in [3.05, 3.63) is 91.0 Å². The van der Waals surface area contributed by atoms with Gasteiger partial charge in [-0.25, -0.2) is 0 Å². The fourth-order valence-electron chi connectivity index (χ4n) is 2.29. The molecule has 0 aromatic heterocycles. The first-order valence-corrected chi connectivity index (χ1v) is 12.0. The molecule has 0 saturated heterocycles. The van der Waals surface area contributed by atoms with Crippen LogP contribution < -0.4 is 13.4 Å². The van der Waals surface area contributed by atoms with Crippen LogP contribution in [0.2, 0.25) is 0 Å². The van der Waals surface area contributed by atoms with Gasteiger partial charge in [0.05, 0.1) is 0 Å². The first-order chi connectivity index (χ1) is 14.4. The van der Waals surface area contributed by atoms with E-state index in [1.165, 1.54) is 13.4 Å². The van der Waals surface area contributed by atoms with Crippen LogP contribution in [0, 0.1) is 0 Å². The Morgan fingerprint density at radius 3 is 0.828 bits per heavy atom. The second kappa shape index (κ2) is 18.5. The average molecular weight is 448 g/mol. The first kappa shape index (κ1) is 28.3. The molecule has 5 nitrogen and oxygen atoms in total. The Hall–Kier alpha value is -2.91. The molecule has 0 N–H and O–H groups in total. The van der Waals surface area contributed by atoms with Crippen LogP contribution in [0.1, 0.15) is 0 Å². The molecule has 0 spiro atoms. The first-order valence-electron chi connectivity index (χ1n) is 7.52. The fraction of sp³-hybridized carbons (Fsp3) is 0. The van der Waals surface area contributed by atoms with E-state index in [0.717, 1.165) is 0 Å². The van der Waals surface area contributed by atoms with Crippen LogP contribution in [-0.2, 0) is 36.1 Å². The molecule has 0 aliphatic rings. The van der Waals surface area contributed by atoms with Gasteiger partial charge in [-0.15, -0.1) is 0 Å². The summed E-state index contributed by atoms with van der Waals surface area (Å²) in [6, 6.07) is 30.9. The molecule has 3 aromatic carbocycles. The van der Waals surface area contributed by atoms with Gasteiger partial charge in [-0.1, -0.05) is 0 Å². The number of benzene rings is 3. The van der Waals surface area contributed by atoms with E-state index in [-0.39, 0.29) is 0 Å². The Labute approximate surface area is 174 Å². The van der Waals surface area contributed by atoms with Gasteiger partial charge in [-0.05, 0) is 0 Å². The van der Waals surface area contributed by atoms with Crippen molar-refractivity contribution in [1.29, 1.82) is 0 Å². The minimum Gasteiger partial charge on any atom is -0.281 e. The summed E-state index contributed by atoms with van der Waals surface area (Å²) in [7, 11) is -0.936. The molecular formula is C22H17FeO5P. The van der Waals surface area contributed by atoms with Crippen molar-refractivity contribution in [3.63, 3.8) is 0 Å². The molecule has 0 bridgehead atoms. The molecule has 0 aliphatic carbocycles. The van der Waals surface area contributed by atoms with Gasteiger partial charge >= 0.3 is 128 Å². The standard InChI is InChI=1S/3C6H5.4CO.Fe.H2OP/c3*1-2-4-6-5-3-1;4*1-2;;1-2/h3*1-5H;;;;;;2H2/q;;;;;;;-1;+1. The van der Waals surface area contributed by atoms with Gasteiger partial charge in [0.15, 0.2) is 0 Å². The summed E-state index contributed by atoms with van der Waals surface area (Å²) in [5, 5.41) is 0. The predicted octanol–water partition coefficient (Wildman–Crippen LogP) is 1.20. The van der Waals surface area contributed by atoms with E-state index in [1.807, 2.05) is 54.6 Å². The van der Waals surface area contributed by atoms with Gasteiger partial charge in [-0.2, -0.15) is 0 Å². The monoisotopic (exact) mass is 448 g/mol. The van der Waals surface area contributed by atoms with Crippen molar-refractivity contribution >= 4 is 47.7 Å². The van der Waals surface area contributed by atoms with Crippen LogP contribution in [0.5, 0.6) is 0 Å². The van der Waals surface area contributed by atoms with Crippen molar-refractivity contribution in [2.75, 3.05) is 0 Å². The van der Waals surface area contributed by atoms with Crippen molar-refractivity contribution in [1.82, 2.24) is 0 Å². The number of hydrogen-bond acceptors (Lipinski definition) is 5. The van der Waals surface area contributed by atoms with E-state index in [9.17, 15) is 4.57 Å². The molecule has 0 aliphatic heterocycles. The molecule has 1 unspecified atom stereocenters. The van der Waals surface area contributed by atoms with Crippen molar-refractivity contribution in [2.24, 2.45) is 0 Å². The van der Waals surface area contributed by atoms with E-state index in [0.29, 0.717) is 0 Å². The minimum atomic E-state index is -2.19. The summed E-state index contributed by atoms with van der Waals surface area (Å²) in [6.45, 7) is 18.0. The largest absolute Gasteiger partial charge is 0.281 e. The van der Waals surface area contributed by atoms with Crippen LogP contribution in [-0.4, -0.2) is 27.2 Å². The molecule has 0 fully saturated rings. The Morgan fingerprint density at radius 2 is 0.655 bits per heavy atom. The molecule has 3 aromatic rings. The quantitative estimate of drug-likeness (QED) is 0.443. The van der Waals surface area contributed by atoms with Crippen LogP contribution >= 0.6 is 7.15 Å². The Bertz CT molecular complexity index is 683. The Balaban J connectivity index is 0. The summed E-state index contributed by atoms with van der Waals surface area (Å²) in [5.74, 6) is 0. The maximum Gasteiger partial charge on any atom is 0.281 e. The third kappa shape index (κ3) is 7.55. The summed E-state index contributed by atoms with van der Waals surface area (Å²) in [6.07, 6.45) is 0. The van der Waals surface area contributed by atoms with Crippen LogP contribution in [0.3, 0.4) is 0 Å². The predicted molar refractivity (Wildman–Crippen MR) is 111 cm³/mol. The van der Waals surface area contributed by atoms with Gasteiger partial charge in [-0.3, -0.25) is 19.2 Å². The third-order valence-corrected chi connectivity index (χ3v) is 11.7. The summed E-state index contributed by atoms with van der Waals surface area (Å²) in [4.78, 5) is 30.0. The molecule has 29 heavy (non-hydrogen) atoms. The molecule has 0 heterocycles. The van der Waals surface area contributed by atoms with Crippen molar-refractivity contribution in [2.45, 2.75) is 0 Å². The molecule has 8 radical (unpaired) electrons.